The number of amides is 1. The summed E-state index contributed by atoms with van der Waals surface area (Å²) in [6, 6.07) is 20.2. The summed E-state index contributed by atoms with van der Waals surface area (Å²) >= 11 is 1.67. The third-order valence-corrected chi connectivity index (χ3v) is 6.08. The fourth-order valence-corrected chi connectivity index (χ4v) is 5.12. The zero-order chi connectivity index (χ0) is 17.4. The normalized spacial score (nSPS) is 22.2. The quantitative estimate of drug-likeness (QED) is 0.857. The zero-order valence-corrected chi connectivity index (χ0v) is 14.2. The Morgan fingerprint density at radius 2 is 1.60 bits per heavy atom. The van der Waals surface area contributed by atoms with Gasteiger partial charge in [-0.2, -0.15) is 0 Å². The number of rotatable bonds is 4. The molecule has 0 aromatic heterocycles. The summed E-state index contributed by atoms with van der Waals surface area (Å²) in [6.07, 6.45) is 2.15. The van der Waals surface area contributed by atoms with E-state index in [0.717, 1.165) is 11.1 Å². The first-order valence-corrected chi connectivity index (χ1v) is 9.12. The van der Waals surface area contributed by atoms with Gasteiger partial charge < -0.3 is 5.11 Å². The molecule has 0 aliphatic carbocycles. The Balaban J connectivity index is 1.79. The maximum Gasteiger partial charge on any atom is 0.352 e. The van der Waals surface area contributed by atoms with Crippen LogP contribution < -0.4 is 0 Å². The average Bonchev–Trinajstić information content (AvgIpc) is 2.62. The van der Waals surface area contributed by atoms with Gasteiger partial charge in [-0.3, -0.25) is 9.69 Å². The topological polar surface area (TPSA) is 57.6 Å². The van der Waals surface area contributed by atoms with E-state index in [1.165, 1.54) is 4.90 Å². The molecule has 2 aliphatic rings. The van der Waals surface area contributed by atoms with Gasteiger partial charge in [-0.15, -0.1) is 11.8 Å². The molecule has 4 nitrogen and oxygen atoms in total. The molecule has 1 unspecified atom stereocenters. The van der Waals surface area contributed by atoms with Gasteiger partial charge in [-0.25, -0.2) is 4.79 Å². The number of nitrogens with zero attached hydrogens (tertiary/aromatic N) is 1. The van der Waals surface area contributed by atoms with Gasteiger partial charge in [0.05, 0.1) is 11.8 Å². The lowest BCUT2D eigenvalue weighted by Crippen LogP contribution is -2.54. The molecule has 0 saturated carbocycles. The molecule has 1 saturated heterocycles. The summed E-state index contributed by atoms with van der Waals surface area (Å²) in [5.74, 6) is -1.11. The van der Waals surface area contributed by atoms with Crippen LogP contribution in [0.1, 0.15) is 23.5 Å². The first kappa shape index (κ1) is 16.0. The average molecular weight is 351 g/mol. The lowest BCUT2D eigenvalue weighted by atomic mass is 9.87. The molecule has 2 atom stereocenters. The molecule has 2 aromatic carbocycles. The van der Waals surface area contributed by atoms with Crippen molar-refractivity contribution in [1.82, 2.24) is 4.90 Å². The number of hydrogen-bond donors (Lipinski definition) is 1. The molecule has 1 N–H and O–H groups in total. The van der Waals surface area contributed by atoms with E-state index in [2.05, 4.69) is 24.3 Å². The number of benzene rings is 2. The summed E-state index contributed by atoms with van der Waals surface area (Å²) in [5, 5.41) is 9.43. The van der Waals surface area contributed by atoms with Crippen molar-refractivity contribution in [3.63, 3.8) is 0 Å². The molecule has 1 fully saturated rings. The van der Waals surface area contributed by atoms with E-state index in [-0.39, 0.29) is 28.1 Å². The summed E-state index contributed by atoms with van der Waals surface area (Å²) in [5.41, 5.74) is 2.40. The SMILES string of the molecule is O=C(O)C1=CC(C(c2ccccc2)c2ccccc2)S[C@@H]2CC(=O)N12. The number of hydrogen-bond acceptors (Lipinski definition) is 3. The number of carboxylic acids is 1. The fourth-order valence-electron chi connectivity index (χ4n) is 3.48. The molecule has 2 aromatic rings. The minimum absolute atomic E-state index is 0.0368. The van der Waals surface area contributed by atoms with E-state index in [1.54, 1.807) is 17.8 Å². The third-order valence-electron chi connectivity index (χ3n) is 4.67. The highest BCUT2D eigenvalue weighted by atomic mass is 32.2. The lowest BCUT2D eigenvalue weighted by molar-refractivity contribution is -0.146. The van der Waals surface area contributed by atoms with Crippen LogP contribution in [0.15, 0.2) is 72.4 Å². The second-order valence-corrected chi connectivity index (χ2v) is 7.54. The van der Waals surface area contributed by atoms with Crippen LogP contribution in [0.4, 0.5) is 0 Å². The van der Waals surface area contributed by atoms with Crippen LogP contribution in [0.5, 0.6) is 0 Å². The molecule has 0 radical (unpaired) electrons. The third kappa shape index (κ3) is 2.85. The maximum atomic E-state index is 11.8. The van der Waals surface area contributed by atoms with E-state index < -0.39 is 5.97 Å². The van der Waals surface area contributed by atoms with Crippen LogP contribution in [0.25, 0.3) is 0 Å². The molecule has 0 bridgehead atoms. The molecule has 25 heavy (non-hydrogen) atoms. The first-order chi connectivity index (χ1) is 12.1. The van der Waals surface area contributed by atoms with Crippen molar-refractivity contribution in [3.05, 3.63) is 83.6 Å². The Morgan fingerprint density at radius 3 is 2.08 bits per heavy atom. The van der Waals surface area contributed by atoms with Crippen LogP contribution in [-0.4, -0.2) is 32.5 Å². The molecular formula is C20H17NO3S. The molecule has 2 aliphatic heterocycles. The zero-order valence-electron chi connectivity index (χ0n) is 13.4. The summed E-state index contributed by atoms with van der Waals surface area (Å²) in [6.45, 7) is 0. The number of fused-ring (bicyclic) bond motifs is 1. The highest BCUT2D eigenvalue weighted by Crippen LogP contribution is 2.46. The molecule has 1 amide bonds. The van der Waals surface area contributed by atoms with E-state index in [1.807, 2.05) is 36.4 Å². The maximum absolute atomic E-state index is 11.8. The van der Waals surface area contributed by atoms with Gasteiger partial charge in [-0.05, 0) is 17.2 Å². The minimum atomic E-state index is -1.04. The van der Waals surface area contributed by atoms with Gasteiger partial charge in [0, 0.05) is 11.2 Å². The monoisotopic (exact) mass is 351 g/mol. The highest BCUT2D eigenvalue weighted by Gasteiger charge is 2.47. The Labute approximate surface area is 150 Å². The van der Waals surface area contributed by atoms with Gasteiger partial charge in [-0.1, -0.05) is 60.7 Å². The summed E-state index contributed by atoms with van der Waals surface area (Å²) in [7, 11) is 0. The molecule has 5 heteroatoms. The van der Waals surface area contributed by atoms with Gasteiger partial charge in [0.1, 0.15) is 5.70 Å². The van der Waals surface area contributed by atoms with Gasteiger partial charge in [0.2, 0.25) is 5.91 Å². The van der Waals surface area contributed by atoms with Gasteiger partial charge in [0.15, 0.2) is 0 Å². The number of aliphatic carboxylic acids is 1. The van der Waals surface area contributed by atoms with E-state index >= 15 is 0 Å². The van der Waals surface area contributed by atoms with Crippen molar-refractivity contribution < 1.29 is 14.7 Å². The first-order valence-electron chi connectivity index (χ1n) is 8.17. The fraction of sp³-hybridized carbons (Fsp3) is 0.200. The number of carbonyl (C=O) groups is 2. The van der Waals surface area contributed by atoms with Gasteiger partial charge in [0.25, 0.3) is 0 Å². The molecule has 4 rings (SSSR count). The molecular weight excluding hydrogens is 334 g/mol. The van der Waals surface area contributed by atoms with Crippen LogP contribution >= 0.6 is 11.8 Å². The van der Waals surface area contributed by atoms with E-state index in [9.17, 15) is 14.7 Å². The molecule has 2 heterocycles. The largest absolute Gasteiger partial charge is 0.477 e. The standard InChI is InChI=1S/C20H17NO3S/c22-17-12-18-21(17)15(20(23)24)11-16(25-18)19(13-7-3-1-4-8-13)14-9-5-2-6-10-14/h1-11,16,18-19H,12H2,(H,23,24)/t16?,18-/m1/s1. The second kappa shape index (κ2) is 6.41. The van der Waals surface area contributed by atoms with E-state index in [4.69, 9.17) is 0 Å². The Hall–Kier alpha value is -2.53. The number of β-lactam (4-membered cyclic amide) rings is 1. The van der Waals surface area contributed by atoms with E-state index in [0.29, 0.717) is 6.42 Å². The Kier molecular flexibility index (Phi) is 4.09. The van der Waals surface area contributed by atoms with Crippen LogP contribution in [0.2, 0.25) is 0 Å². The Morgan fingerprint density at radius 1 is 1.04 bits per heavy atom. The lowest BCUT2D eigenvalue weighted by Gasteiger charge is -2.46. The summed E-state index contributed by atoms with van der Waals surface area (Å²) in [4.78, 5) is 24.9. The van der Waals surface area contributed by atoms with Crippen molar-refractivity contribution in [2.45, 2.75) is 23.0 Å². The second-order valence-electron chi connectivity index (χ2n) is 6.18. The van der Waals surface area contributed by atoms with Crippen molar-refractivity contribution in [1.29, 1.82) is 0 Å². The summed E-state index contributed by atoms with van der Waals surface area (Å²) < 4.78 is 0. The number of carbonyl (C=O) groups excluding carboxylic acids is 1. The van der Waals surface area contributed by atoms with Crippen LogP contribution in [-0.2, 0) is 9.59 Å². The minimum Gasteiger partial charge on any atom is -0.477 e. The van der Waals surface area contributed by atoms with Gasteiger partial charge >= 0.3 is 5.97 Å². The molecule has 126 valence electrons. The number of carboxylic acid groups (broad SMARTS) is 1. The van der Waals surface area contributed by atoms with Crippen molar-refractivity contribution >= 4 is 23.6 Å². The van der Waals surface area contributed by atoms with Crippen molar-refractivity contribution in [2.75, 3.05) is 0 Å². The predicted octanol–water partition coefficient (Wildman–Crippen LogP) is 3.46. The van der Waals surface area contributed by atoms with Crippen LogP contribution in [0, 0.1) is 0 Å². The smallest absolute Gasteiger partial charge is 0.352 e. The Bertz CT molecular complexity index is 795. The molecule has 0 spiro atoms. The van der Waals surface area contributed by atoms with Crippen LogP contribution in [0.3, 0.4) is 0 Å². The van der Waals surface area contributed by atoms with Crippen molar-refractivity contribution in [3.8, 4) is 0 Å². The van der Waals surface area contributed by atoms with Crippen molar-refractivity contribution in [2.24, 2.45) is 0 Å². The highest BCUT2D eigenvalue weighted by molar-refractivity contribution is 8.00. The number of thioether (sulfide) groups is 1. The predicted molar refractivity (Wildman–Crippen MR) is 97.1 cm³/mol.